The normalized spacial score (nSPS) is 14.7. The summed E-state index contributed by atoms with van der Waals surface area (Å²) in [6.07, 6.45) is -0.906. The van der Waals surface area contributed by atoms with Gasteiger partial charge < -0.3 is 38.3 Å². The molecule has 0 aromatic rings. The number of aliphatic carboxylic acids is 1. The summed E-state index contributed by atoms with van der Waals surface area (Å²) in [7, 11) is 0. The van der Waals surface area contributed by atoms with E-state index >= 15 is 0 Å². The number of nitrogens with two attached hydrogens (primary N) is 3. The van der Waals surface area contributed by atoms with Crippen LogP contribution in [0.5, 0.6) is 0 Å². The Hall–Kier alpha value is -3.22. The van der Waals surface area contributed by atoms with E-state index in [9.17, 15) is 33.9 Å². The molecule has 0 aliphatic rings. The molecule has 0 aliphatic carbocycles. The highest BCUT2D eigenvalue weighted by Gasteiger charge is 2.32. The van der Waals surface area contributed by atoms with Crippen LogP contribution in [0.15, 0.2) is 0 Å². The molecule has 0 aliphatic heterocycles. The molecule has 0 radical (unpaired) electrons. The first kappa shape index (κ1) is 28.8. The van der Waals surface area contributed by atoms with Crippen molar-refractivity contribution in [2.45, 2.75) is 71.1 Å². The van der Waals surface area contributed by atoms with Gasteiger partial charge in [-0.2, -0.15) is 0 Å². The summed E-state index contributed by atoms with van der Waals surface area (Å²) in [4.78, 5) is 71.2. The monoisotopic (exact) mass is 458 g/mol. The van der Waals surface area contributed by atoms with Gasteiger partial charge in [-0.1, -0.05) is 27.7 Å². The topological polar surface area (TPSA) is 237 Å². The first-order valence-electron chi connectivity index (χ1n) is 10.1. The number of carbonyl (C=O) groups is 6. The van der Waals surface area contributed by atoms with Gasteiger partial charge in [0, 0.05) is 0 Å². The van der Waals surface area contributed by atoms with Crippen molar-refractivity contribution in [3.63, 3.8) is 0 Å². The van der Waals surface area contributed by atoms with Crippen LogP contribution >= 0.6 is 0 Å². The van der Waals surface area contributed by atoms with E-state index < -0.39 is 78.4 Å². The van der Waals surface area contributed by atoms with Crippen LogP contribution in [0.1, 0.15) is 47.0 Å². The van der Waals surface area contributed by atoms with Gasteiger partial charge in [-0.05, 0) is 18.3 Å². The fourth-order valence-electron chi connectivity index (χ4n) is 2.74. The molecule has 0 rings (SSSR count). The number of hydrogen-bond acceptors (Lipinski definition) is 7. The predicted molar refractivity (Wildman–Crippen MR) is 113 cm³/mol. The molecule has 0 aromatic carbocycles. The van der Waals surface area contributed by atoms with Crippen molar-refractivity contribution in [2.24, 2.45) is 29.0 Å². The molecule has 10 N–H and O–H groups in total. The standard InChI is InChI=1S/C19H34N6O7/c1-8(2)5-12(19(31)32)24-18(30)15(9(3)4)25-17(29)11(7-14(22)27)23-16(28)10(20)6-13(21)26/h8-12,15H,5-7,20H2,1-4H3,(H2,21,26)(H2,22,27)(H,23,28)(H,24,30)(H,25,29)(H,31,32). The van der Waals surface area contributed by atoms with Crippen LogP contribution in [-0.4, -0.2) is 64.8 Å². The Kier molecular flexibility index (Phi) is 11.9. The van der Waals surface area contributed by atoms with Crippen LogP contribution in [0, 0.1) is 11.8 Å². The van der Waals surface area contributed by atoms with Gasteiger partial charge in [0.2, 0.25) is 29.5 Å². The number of nitrogens with one attached hydrogen (secondary N) is 3. The maximum Gasteiger partial charge on any atom is 0.326 e. The number of hydrogen-bond donors (Lipinski definition) is 7. The maximum atomic E-state index is 12.7. The maximum absolute atomic E-state index is 12.7. The van der Waals surface area contributed by atoms with Crippen molar-refractivity contribution in [2.75, 3.05) is 0 Å². The minimum atomic E-state index is -1.47. The van der Waals surface area contributed by atoms with Gasteiger partial charge in [0.05, 0.1) is 18.9 Å². The zero-order valence-corrected chi connectivity index (χ0v) is 18.7. The summed E-state index contributed by atoms with van der Waals surface area (Å²) in [5.41, 5.74) is 15.7. The third-order valence-electron chi connectivity index (χ3n) is 4.36. The average molecular weight is 459 g/mol. The lowest BCUT2D eigenvalue weighted by Gasteiger charge is -2.27. The summed E-state index contributed by atoms with van der Waals surface area (Å²) < 4.78 is 0. The minimum absolute atomic E-state index is 0.0109. The Labute approximate surface area is 186 Å². The molecular formula is C19H34N6O7. The summed E-state index contributed by atoms with van der Waals surface area (Å²) >= 11 is 0. The quantitative estimate of drug-likeness (QED) is 0.144. The van der Waals surface area contributed by atoms with E-state index in [4.69, 9.17) is 17.2 Å². The molecule has 13 nitrogen and oxygen atoms in total. The highest BCUT2D eigenvalue weighted by Crippen LogP contribution is 2.08. The van der Waals surface area contributed by atoms with E-state index in [0.717, 1.165) is 0 Å². The molecule has 32 heavy (non-hydrogen) atoms. The number of primary amides is 2. The number of carboxylic acids is 1. The zero-order valence-electron chi connectivity index (χ0n) is 18.7. The molecule has 4 unspecified atom stereocenters. The Bertz CT molecular complexity index is 725. The van der Waals surface area contributed by atoms with E-state index in [1.54, 1.807) is 27.7 Å². The molecule has 0 saturated carbocycles. The van der Waals surface area contributed by atoms with E-state index in [-0.39, 0.29) is 12.3 Å². The highest BCUT2D eigenvalue weighted by molar-refractivity contribution is 5.96. The van der Waals surface area contributed by atoms with Gasteiger partial charge in [0.15, 0.2) is 0 Å². The van der Waals surface area contributed by atoms with Crippen molar-refractivity contribution in [3.8, 4) is 0 Å². The Morgan fingerprint density at radius 2 is 1.25 bits per heavy atom. The lowest BCUT2D eigenvalue weighted by Crippen LogP contribution is -2.59. The molecule has 0 bridgehead atoms. The van der Waals surface area contributed by atoms with Crippen LogP contribution in [-0.2, 0) is 28.8 Å². The first-order chi connectivity index (χ1) is 14.6. The minimum Gasteiger partial charge on any atom is -0.480 e. The molecule has 4 atom stereocenters. The summed E-state index contributed by atoms with van der Waals surface area (Å²) in [6.45, 7) is 6.83. The highest BCUT2D eigenvalue weighted by atomic mass is 16.4. The molecule has 182 valence electrons. The van der Waals surface area contributed by atoms with Crippen molar-refractivity contribution in [1.82, 2.24) is 16.0 Å². The predicted octanol–water partition coefficient (Wildman–Crippen LogP) is -2.69. The van der Waals surface area contributed by atoms with Crippen molar-refractivity contribution in [1.29, 1.82) is 0 Å². The average Bonchev–Trinajstić information content (AvgIpc) is 2.62. The van der Waals surface area contributed by atoms with Gasteiger partial charge in [-0.3, -0.25) is 24.0 Å². The fraction of sp³-hybridized carbons (Fsp3) is 0.684. The van der Waals surface area contributed by atoms with Crippen LogP contribution in [0.2, 0.25) is 0 Å². The van der Waals surface area contributed by atoms with Crippen LogP contribution < -0.4 is 33.2 Å². The van der Waals surface area contributed by atoms with Gasteiger partial charge in [-0.25, -0.2) is 4.79 Å². The molecular weight excluding hydrogens is 424 g/mol. The molecule has 13 heteroatoms. The molecule has 0 aromatic heterocycles. The van der Waals surface area contributed by atoms with Crippen LogP contribution in [0.25, 0.3) is 0 Å². The van der Waals surface area contributed by atoms with Crippen molar-refractivity contribution < 1.29 is 33.9 Å². The second kappa shape index (κ2) is 13.2. The molecule has 5 amide bonds. The second-order valence-electron chi connectivity index (χ2n) is 8.27. The van der Waals surface area contributed by atoms with Crippen LogP contribution in [0.3, 0.4) is 0 Å². The molecule has 0 spiro atoms. The summed E-state index contributed by atoms with van der Waals surface area (Å²) in [5.74, 6) is -6.01. The lowest BCUT2D eigenvalue weighted by atomic mass is 10.00. The van der Waals surface area contributed by atoms with E-state index in [1.807, 2.05) is 0 Å². The SMILES string of the molecule is CC(C)CC(NC(=O)C(NC(=O)C(CC(N)=O)NC(=O)C(N)CC(N)=O)C(C)C)C(=O)O. The third kappa shape index (κ3) is 10.7. The Balaban J connectivity index is 5.45. The molecule has 0 fully saturated rings. The molecule has 0 heterocycles. The first-order valence-corrected chi connectivity index (χ1v) is 10.1. The van der Waals surface area contributed by atoms with Crippen LogP contribution in [0.4, 0.5) is 0 Å². The Morgan fingerprint density at radius 3 is 1.66 bits per heavy atom. The van der Waals surface area contributed by atoms with Gasteiger partial charge in [-0.15, -0.1) is 0 Å². The van der Waals surface area contributed by atoms with Crippen molar-refractivity contribution >= 4 is 35.5 Å². The van der Waals surface area contributed by atoms with Gasteiger partial charge >= 0.3 is 5.97 Å². The number of rotatable bonds is 14. The number of carbonyl (C=O) groups excluding carboxylic acids is 5. The fourth-order valence-corrected chi connectivity index (χ4v) is 2.74. The smallest absolute Gasteiger partial charge is 0.326 e. The van der Waals surface area contributed by atoms with E-state index in [0.29, 0.717) is 0 Å². The van der Waals surface area contributed by atoms with Gasteiger partial charge in [0.1, 0.15) is 18.1 Å². The summed E-state index contributed by atoms with van der Waals surface area (Å²) in [5, 5.41) is 16.3. The second-order valence-corrected chi connectivity index (χ2v) is 8.27. The van der Waals surface area contributed by atoms with Gasteiger partial charge in [0.25, 0.3) is 0 Å². The van der Waals surface area contributed by atoms with Crippen molar-refractivity contribution in [3.05, 3.63) is 0 Å². The largest absolute Gasteiger partial charge is 0.480 e. The number of carboxylic acid groups (broad SMARTS) is 1. The molecule has 0 saturated heterocycles. The van der Waals surface area contributed by atoms with E-state index in [1.165, 1.54) is 0 Å². The third-order valence-corrected chi connectivity index (χ3v) is 4.36. The Morgan fingerprint density at radius 1 is 0.750 bits per heavy atom. The number of amides is 5. The summed E-state index contributed by atoms with van der Waals surface area (Å²) in [6, 6.07) is -5.15. The zero-order chi connectivity index (χ0) is 25.2. The lowest BCUT2D eigenvalue weighted by molar-refractivity contribution is -0.143. The van der Waals surface area contributed by atoms with E-state index in [2.05, 4.69) is 16.0 Å².